The smallest absolute Gasteiger partial charge is 0.256 e. The van der Waals surface area contributed by atoms with Crippen LogP contribution in [0.15, 0.2) is 36.9 Å². The highest BCUT2D eigenvalue weighted by atomic mass is 16.2. The van der Waals surface area contributed by atoms with Crippen LogP contribution in [0.4, 0.5) is 0 Å². The Hall–Kier alpha value is -2.17. The zero-order valence-electron chi connectivity index (χ0n) is 13.0. The van der Waals surface area contributed by atoms with Gasteiger partial charge in [-0.15, -0.1) is 10.2 Å². The van der Waals surface area contributed by atoms with Crippen molar-refractivity contribution in [1.29, 1.82) is 0 Å². The first-order chi connectivity index (χ1) is 11.3. The lowest BCUT2D eigenvalue weighted by molar-refractivity contribution is 0.0776. The van der Waals surface area contributed by atoms with E-state index in [0.717, 1.165) is 48.0 Å². The number of nitrogens with zero attached hydrogens (tertiary/aromatic N) is 4. The number of hydrogen-bond acceptors (Lipinski definition) is 3. The van der Waals surface area contributed by atoms with E-state index < -0.39 is 0 Å². The SMILES string of the molecule is O=C(c1ccccc1-n1cnnc1)N1C[C@@H]2[C@@H]3CC[C@@H](C3)[C@@H]2C1. The summed E-state index contributed by atoms with van der Waals surface area (Å²) in [6.07, 6.45) is 7.46. The number of aromatic nitrogens is 3. The molecule has 2 bridgehead atoms. The highest BCUT2D eigenvalue weighted by Crippen LogP contribution is 2.55. The second-order valence-corrected chi connectivity index (χ2v) is 7.26. The van der Waals surface area contributed by atoms with Crippen LogP contribution in [0, 0.1) is 23.7 Å². The Kier molecular flexibility index (Phi) is 2.84. The lowest BCUT2D eigenvalue weighted by Crippen LogP contribution is -2.31. The van der Waals surface area contributed by atoms with E-state index in [0.29, 0.717) is 0 Å². The van der Waals surface area contributed by atoms with Crippen LogP contribution in [-0.2, 0) is 0 Å². The van der Waals surface area contributed by atoms with E-state index in [-0.39, 0.29) is 5.91 Å². The summed E-state index contributed by atoms with van der Waals surface area (Å²) in [5.41, 5.74) is 1.61. The number of fused-ring (bicyclic) bond motifs is 5. The first kappa shape index (κ1) is 13.3. The normalized spacial score (nSPS) is 31.6. The molecule has 0 spiro atoms. The Morgan fingerprint density at radius 1 is 1.00 bits per heavy atom. The predicted octanol–water partition coefficient (Wildman–Crippen LogP) is 2.39. The fourth-order valence-corrected chi connectivity index (χ4v) is 5.22. The first-order valence-corrected chi connectivity index (χ1v) is 8.54. The molecule has 1 aromatic carbocycles. The van der Waals surface area contributed by atoms with Crippen molar-refractivity contribution in [3.63, 3.8) is 0 Å². The van der Waals surface area contributed by atoms with Gasteiger partial charge in [-0.3, -0.25) is 9.36 Å². The maximum Gasteiger partial charge on any atom is 0.256 e. The maximum atomic E-state index is 13.1. The third-order valence-electron chi connectivity index (χ3n) is 6.26. The Morgan fingerprint density at radius 3 is 2.35 bits per heavy atom. The van der Waals surface area contributed by atoms with Crippen LogP contribution in [0.5, 0.6) is 0 Å². The summed E-state index contributed by atoms with van der Waals surface area (Å²) in [5.74, 6) is 3.40. The standard InChI is InChI=1S/C18H20N4O/c23-18(14-3-1-2-4-17(14)22-10-19-20-11-22)21-8-15-12-5-6-13(7-12)16(15)9-21/h1-4,10-13,15-16H,5-9H2/t12-,13+,15-,16+. The summed E-state index contributed by atoms with van der Waals surface area (Å²) in [5, 5.41) is 7.72. The Labute approximate surface area is 135 Å². The van der Waals surface area contributed by atoms with Crippen LogP contribution < -0.4 is 0 Å². The average Bonchev–Trinajstić information content (AvgIpc) is 3.36. The lowest BCUT2D eigenvalue weighted by Gasteiger charge is -2.22. The van der Waals surface area contributed by atoms with Crippen LogP contribution in [-0.4, -0.2) is 38.7 Å². The largest absolute Gasteiger partial charge is 0.338 e. The summed E-state index contributed by atoms with van der Waals surface area (Å²) in [6, 6.07) is 7.75. The van der Waals surface area contributed by atoms with Crippen molar-refractivity contribution in [2.45, 2.75) is 19.3 Å². The van der Waals surface area contributed by atoms with E-state index in [9.17, 15) is 4.79 Å². The molecule has 1 aromatic heterocycles. The lowest BCUT2D eigenvalue weighted by atomic mass is 9.82. The molecule has 0 radical (unpaired) electrons. The molecule has 5 heteroatoms. The number of likely N-dealkylation sites (tertiary alicyclic amines) is 1. The molecule has 2 heterocycles. The molecule has 3 aliphatic rings. The highest BCUT2D eigenvalue weighted by Gasteiger charge is 2.52. The van der Waals surface area contributed by atoms with Crippen LogP contribution in [0.1, 0.15) is 29.6 Å². The van der Waals surface area contributed by atoms with E-state index in [4.69, 9.17) is 0 Å². The zero-order chi connectivity index (χ0) is 15.4. The van der Waals surface area contributed by atoms with Crippen molar-refractivity contribution >= 4 is 5.91 Å². The molecule has 5 rings (SSSR count). The number of hydrogen-bond donors (Lipinski definition) is 0. The van der Waals surface area contributed by atoms with Gasteiger partial charge in [-0.05, 0) is 55.1 Å². The number of rotatable bonds is 2. The van der Waals surface area contributed by atoms with Crippen LogP contribution in [0.2, 0.25) is 0 Å². The maximum absolute atomic E-state index is 13.1. The monoisotopic (exact) mass is 308 g/mol. The van der Waals surface area contributed by atoms with Gasteiger partial charge in [0.2, 0.25) is 0 Å². The molecule has 2 aromatic rings. The summed E-state index contributed by atoms with van der Waals surface area (Å²) in [6.45, 7) is 1.89. The van der Waals surface area contributed by atoms with Crippen LogP contribution in [0.25, 0.3) is 5.69 Å². The number of para-hydroxylation sites is 1. The van der Waals surface area contributed by atoms with Gasteiger partial charge in [0.1, 0.15) is 12.7 Å². The van der Waals surface area contributed by atoms with Crippen molar-refractivity contribution in [1.82, 2.24) is 19.7 Å². The van der Waals surface area contributed by atoms with Crippen molar-refractivity contribution in [3.8, 4) is 5.69 Å². The highest BCUT2D eigenvalue weighted by molar-refractivity contribution is 5.98. The van der Waals surface area contributed by atoms with Gasteiger partial charge in [0.05, 0.1) is 11.3 Å². The predicted molar refractivity (Wildman–Crippen MR) is 85.1 cm³/mol. The summed E-state index contributed by atoms with van der Waals surface area (Å²) < 4.78 is 1.81. The van der Waals surface area contributed by atoms with Gasteiger partial charge in [-0.25, -0.2) is 0 Å². The molecule has 23 heavy (non-hydrogen) atoms. The second-order valence-electron chi connectivity index (χ2n) is 7.26. The number of carbonyl (C=O) groups is 1. The van der Waals surface area contributed by atoms with Gasteiger partial charge in [0.15, 0.2) is 0 Å². The molecular weight excluding hydrogens is 288 g/mol. The third kappa shape index (κ3) is 1.95. The Balaban J connectivity index is 1.44. The van der Waals surface area contributed by atoms with Crippen molar-refractivity contribution in [2.24, 2.45) is 23.7 Å². The summed E-state index contributed by atoms with van der Waals surface area (Å²) >= 11 is 0. The number of carbonyl (C=O) groups excluding carboxylic acids is 1. The van der Waals surface area contributed by atoms with Crippen LogP contribution >= 0.6 is 0 Å². The van der Waals surface area contributed by atoms with Crippen LogP contribution in [0.3, 0.4) is 0 Å². The van der Waals surface area contributed by atoms with Crippen molar-refractivity contribution < 1.29 is 4.79 Å². The Morgan fingerprint density at radius 2 is 1.65 bits per heavy atom. The van der Waals surface area contributed by atoms with E-state index in [2.05, 4.69) is 15.1 Å². The molecule has 1 saturated heterocycles. The van der Waals surface area contributed by atoms with Gasteiger partial charge >= 0.3 is 0 Å². The molecule has 2 aliphatic carbocycles. The summed E-state index contributed by atoms with van der Waals surface area (Å²) in [7, 11) is 0. The molecule has 5 nitrogen and oxygen atoms in total. The molecule has 3 fully saturated rings. The van der Waals surface area contributed by atoms with E-state index in [1.807, 2.05) is 28.8 Å². The second kappa shape index (κ2) is 4.91. The average molecular weight is 308 g/mol. The number of amides is 1. The first-order valence-electron chi connectivity index (χ1n) is 8.54. The Bertz CT molecular complexity index is 723. The molecule has 0 N–H and O–H groups in total. The molecule has 1 aliphatic heterocycles. The summed E-state index contributed by atoms with van der Waals surface area (Å²) in [4.78, 5) is 15.2. The minimum absolute atomic E-state index is 0.156. The molecule has 1 amide bonds. The minimum atomic E-state index is 0.156. The molecule has 0 unspecified atom stereocenters. The minimum Gasteiger partial charge on any atom is -0.338 e. The van der Waals surface area contributed by atoms with Gasteiger partial charge < -0.3 is 4.90 Å². The van der Waals surface area contributed by atoms with E-state index in [1.165, 1.54) is 19.3 Å². The van der Waals surface area contributed by atoms with Crippen molar-refractivity contribution in [2.75, 3.05) is 13.1 Å². The molecule has 2 saturated carbocycles. The molecule has 118 valence electrons. The topological polar surface area (TPSA) is 51.0 Å². The van der Waals surface area contributed by atoms with Crippen molar-refractivity contribution in [3.05, 3.63) is 42.5 Å². The fraction of sp³-hybridized carbons (Fsp3) is 0.500. The fourth-order valence-electron chi connectivity index (χ4n) is 5.22. The third-order valence-corrected chi connectivity index (χ3v) is 6.26. The zero-order valence-corrected chi connectivity index (χ0v) is 13.0. The molecular formula is C18H20N4O. The molecule has 4 atom stereocenters. The van der Waals surface area contributed by atoms with Gasteiger partial charge in [0.25, 0.3) is 5.91 Å². The van der Waals surface area contributed by atoms with Gasteiger partial charge in [-0.1, -0.05) is 12.1 Å². The van der Waals surface area contributed by atoms with Gasteiger partial charge in [0, 0.05) is 13.1 Å². The van der Waals surface area contributed by atoms with E-state index in [1.54, 1.807) is 12.7 Å². The quantitative estimate of drug-likeness (QED) is 0.856. The number of benzene rings is 1. The van der Waals surface area contributed by atoms with E-state index >= 15 is 0 Å². The van der Waals surface area contributed by atoms with Gasteiger partial charge in [-0.2, -0.15) is 0 Å².